The van der Waals surface area contributed by atoms with Crippen LogP contribution >= 0.6 is 0 Å². The van der Waals surface area contributed by atoms with Crippen molar-refractivity contribution in [3.05, 3.63) is 65.7 Å². The maximum Gasteiger partial charge on any atom is 0.0992 e. The van der Waals surface area contributed by atoms with E-state index in [1.54, 1.807) is 0 Å². The molecule has 0 radical (unpaired) electrons. The first-order chi connectivity index (χ1) is 12.8. The van der Waals surface area contributed by atoms with Gasteiger partial charge in [0.1, 0.15) is 0 Å². The molecule has 4 rings (SSSR count). The molecule has 3 unspecified atom stereocenters. The van der Waals surface area contributed by atoms with E-state index in [9.17, 15) is 0 Å². The molecule has 26 heavy (non-hydrogen) atoms. The first-order valence-electron chi connectivity index (χ1n) is 9.73. The van der Waals surface area contributed by atoms with Crippen LogP contribution in [0.5, 0.6) is 0 Å². The van der Waals surface area contributed by atoms with Crippen LogP contribution in [0, 0.1) is 17.2 Å². The highest BCUT2D eigenvalue weighted by molar-refractivity contribution is 5.49. The molecule has 1 N–H and O–H groups in total. The Morgan fingerprint density at radius 3 is 2.81 bits per heavy atom. The van der Waals surface area contributed by atoms with Gasteiger partial charge in [0.25, 0.3) is 0 Å². The lowest BCUT2D eigenvalue weighted by Gasteiger charge is -2.38. The molecular formula is C23H26N2O. The third-order valence-corrected chi connectivity index (χ3v) is 5.92. The van der Waals surface area contributed by atoms with Crippen molar-refractivity contribution in [2.24, 2.45) is 5.92 Å². The van der Waals surface area contributed by atoms with Crippen LogP contribution in [-0.4, -0.2) is 12.1 Å². The quantitative estimate of drug-likeness (QED) is 0.800. The molecule has 1 saturated heterocycles. The molecule has 0 bridgehead atoms. The number of anilines is 1. The maximum atomic E-state index is 9.04. The molecule has 3 atom stereocenters. The second-order valence-electron chi connectivity index (χ2n) is 7.77. The summed E-state index contributed by atoms with van der Waals surface area (Å²) in [6, 6.07) is 20.6. The number of nitrogens with one attached hydrogen (secondary N) is 1. The van der Waals surface area contributed by atoms with Gasteiger partial charge in [0.2, 0.25) is 0 Å². The van der Waals surface area contributed by atoms with Crippen LogP contribution in [0.4, 0.5) is 5.69 Å². The molecule has 3 nitrogen and oxygen atoms in total. The van der Waals surface area contributed by atoms with E-state index in [2.05, 4.69) is 41.7 Å². The molecule has 2 aromatic rings. The Kier molecular flexibility index (Phi) is 4.95. The van der Waals surface area contributed by atoms with Crippen LogP contribution in [0.2, 0.25) is 0 Å². The van der Waals surface area contributed by atoms with Crippen molar-refractivity contribution in [1.82, 2.24) is 0 Å². The van der Waals surface area contributed by atoms with Gasteiger partial charge in [0.05, 0.1) is 23.3 Å². The Hall–Kier alpha value is -2.31. The standard InChI is InChI=1S/C23H26N2O/c24-16-18-6-4-10-21(14-18)25-17-19-7-5-12-23(15-19)13-11-22(26-23)20-8-2-1-3-9-20/h1-4,6,8-10,14,19,22,25H,5,7,11-13,15,17H2. The van der Waals surface area contributed by atoms with Crippen LogP contribution in [0.1, 0.15) is 55.8 Å². The fraction of sp³-hybridized carbons (Fsp3) is 0.435. The fourth-order valence-corrected chi connectivity index (χ4v) is 4.63. The number of nitriles is 1. The molecular weight excluding hydrogens is 320 g/mol. The summed E-state index contributed by atoms with van der Waals surface area (Å²) in [6.45, 7) is 0.954. The average Bonchev–Trinajstić information content (AvgIpc) is 3.10. The van der Waals surface area contributed by atoms with Crippen molar-refractivity contribution in [2.45, 2.75) is 50.2 Å². The third-order valence-electron chi connectivity index (χ3n) is 5.92. The van der Waals surface area contributed by atoms with Crippen molar-refractivity contribution in [3.8, 4) is 6.07 Å². The summed E-state index contributed by atoms with van der Waals surface area (Å²) in [4.78, 5) is 0. The summed E-state index contributed by atoms with van der Waals surface area (Å²) >= 11 is 0. The first-order valence-corrected chi connectivity index (χ1v) is 9.73. The van der Waals surface area contributed by atoms with Crippen molar-refractivity contribution in [1.29, 1.82) is 5.26 Å². The molecule has 1 aliphatic heterocycles. The van der Waals surface area contributed by atoms with E-state index >= 15 is 0 Å². The molecule has 1 aliphatic carbocycles. The molecule has 1 heterocycles. The highest BCUT2D eigenvalue weighted by atomic mass is 16.5. The molecule has 2 aromatic carbocycles. The van der Waals surface area contributed by atoms with Gasteiger partial charge in [-0.2, -0.15) is 5.26 Å². The van der Waals surface area contributed by atoms with Gasteiger partial charge in [-0.25, -0.2) is 0 Å². The van der Waals surface area contributed by atoms with Gasteiger partial charge in [0.15, 0.2) is 0 Å². The topological polar surface area (TPSA) is 45.0 Å². The van der Waals surface area contributed by atoms with Crippen LogP contribution in [-0.2, 0) is 4.74 Å². The van der Waals surface area contributed by atoms with Crippen molar-refractivity contribution in [3.63, 3.8) is 0 Å². The molecule has 0 aromatic heterocycles. The van der Waals surface area contributed by atoms with E-state index in [0.717, 1.165) is 25.1 Å². The Balaban J connectivity index is 1.36. The molecule has 1 spiro atoms. The van der Waals surface area contributed by atoms with Gasteiger partial charge in [-0.3, -0.25) is 0 Å². The predicted molar refractivity (Wildman–Crippen MR) is 104 cm³/mol. The number of nitrogens with zero attached hydrogens (tertiary/aromatic N) is 1. The maximum absolute atomic E-state index is 9.04. The van der Waals surface area contributed by atoms with E-state index in [1.165, 1.54) is 31.2 Å². The number of ether oxygens (including phenoxy) is 1. The summed E-state index contributed by atoms with van der Waals surface area (Å²) < 4.78 is 6.62. The van der Waals surface area contributed by atoms with E-state index in [1.807, 2.05) is 24.3 Å². The van der Waals surface area contributed by atoms with E-state index in [-0.39, 0.29) is 11.7 Å². The summed E-state index contributed by atoms with van der Waals surface area (Å²) in [6.07, 6.45) is 7.40. The Morgan fingerprint density at radius 1 is 1.08 bits per heavy atom. The zero-order chi connectivity index (χ0) is 17.8. The van der Waals surface area contributed by atoms with Crippen LogP contribution in [0.15, 0.2) is 54.6 Å². The smallest absolute Gasteiger partial charge is 0.0992 e. The van der Waals surface area contributed by atoms with Gasteiger partial charge >= 0.3 is 0 Å². The SMILES string of the molecule is N#Cc1cccc(NCC2CCCC3(CCC(c4ccccc4)O3)C2)c1. The van der Waals surface area contributed by atoms with Crippen molar-refractivity contribution in [2.75, 3.05) is 11.9 Å². The van der Waals surface area contributed by atoms with E-state index in [4.69, 9.17) is 10.00 Å². The highest BCUT2D eigenvalue weighted by Crippen LogP contribution is 2.48. The number of hydrogen-bond donors (Lipinski definition) is 1. The molecule has 0 amide bonds. The second-order valence-corrected chi connectivity index (χ2v) is 7.77. The van der Waals surface area contributed by atoms with Gasteiger partial charge in [-0.05, 0) is 61.8 Å². The monoisotopic (exact) mass is 346 g/mol. The zero-order valence-corrected chi connectivity index (χ0v) is 15.2. The minimum absolute atomic E-state index is 0.0691. The predicted octanol–water partition coefficient (Wildman–Crippen LogP) is 5.45. The average molecular weight is 346 g/mol. The summed E-state index contributed by atoms with van der Waals surface area (Å²) in [5.74, 6) is 0.629. The lowest BCUT2D eigenvalue weighted by molar-refractivity contribution is -0.0758. The van der Waals surface area contributed by atoms with Crippen LogP contribution in [0.3, 0.4) is 0 Å². The van der Waals surface area contributed by atoms with E-state index < -0.39 is 0 Å². The number of benzene rings is 2. The Labute approximate surface area is 156 Å². The van der Waals surface area contributed by atoms with E-state index in [0.29, 0.717) is 11.5 Å². The first kappa shape index (κ1) is 17.1. The molecule has 134 valence electrons. The summed E-state index contributed by atoms with van der Waals surface area (Å²) in [5, 5.41) is 12.6. The van der Waals surface area contributed by atoms with Gasteiger partial charge in [-0.1, -0.05) is 42.8 Å². The molecule has 1 saturated carbocycles. The third kappa shape index (κ3) is 3.76. The molecule has 3 heteroatoms. The Morgan fingerprint density at radius 2 is 1.96 bits per heavy atom. The lowest BCUT2D eigenvalue weighted by Crippen LogP contribution is -2.37. The van der Waals surface area contributed by atoms with Crippen LogP contribution in [0.25, 0.3) is 0 Å². The minimum atomic E-state index is 0.0691. The minimum Gasteiger partial charge on any atom is -0.385 e. The Bertz CT molecular complexity index is 782. The number of rotatable bonds is 4. The summed E-state index contributed by atoms with van der Waals surface area (Å²) in [5.41, 5.74) is 3.13. The van der Waals surface area contributed by atoms with Crippen molar-refractivity contribution < 1.29 is 4.74 Å². The highest BCUT2D eigenvalue weighted by Gasteiger charge is 2.43. The van der Waals surface area contributed by atoms with Crippen molar-refractivity contribution >= 4 is 5.69 Å². The largest absolute Gasteiger partial charge is 0.385 e. The molecule has 2 fully saturated rings. The number of hydrogen-bond acceptors (Lipinski definition) is 3. The fourth-order valence-electron chi connectivity index (χ4n) is 4.63. The van der Waals surface area contributed by atoms with Crippen LogP contribution < -0.4 is 5.32 Å². The molecule has 2 aliphatic rings. The summed E-state index contributed by atoms with van der Waals surface area (Å²) in [7, 11) is 0. The zero-order valence-electron chi connectivity index (χ0n) is 15.2. The second kappa shape index (κ2) is 7.51. The normalized spacial score (nSPS) is 28.0. The van der Waals surface area contributed by atoms with Gasteiger partial charge < -0.3 is 10.1 Å². The lowest BCUT2D eigenvalue weighted by atomic mass is 9.76. The van der Waals surface area contributed by atoms with Gasteiger partial charge in [-0.15, -0.1) is 0 Å². The van der Waals surface area contributed by atoms with Gasteiger partial charge in [0, 0.05) is 12.2 Å².